The van der Waals surface area contributed by atoms with E-state index in [1.807, 2.05) is 0 Å². The Bertz CT molecular complexity index is 686. The summed E-state index contributed by atoms with van der Waals surface area (Å²) in [5, 5.41) is 4.69. The molecule has 0 amide bonds. The molecule has 1 aromatic rings. The Kier molecular flexibility index (Phi) is 4.41. The molecule has 0 aliphatic carbocycles. The van der Waals surface area contributed by atoms with Crippen molar-refractivity contribution >= 4 is 31.6 Å². The van der Waals surface area contributed by atoms with Crippen LogP contribution in [0.1, 0.15) is 12.8 Å². The zero-order chi connectivity index (χ0) is 15.0. The minimum absolute atomic E-state index is 0.0944. The normalized spacial score (nSPS) is 21.8. The van der Waals surface area contributed by atoms with Crippen molar-refractivity contribution < 1.29 is 16.8 Å². The highest BCUT2D eigenvalue weighted by Crippen LogP contribution is 2.23. The number of piperidine rings is 1. The fourth-order valence-electron chi connectivity index (χ4n) is 2.15. The van der Waals surface area contributed by atoms with Crippen LogP contribution in [0.5, 0.6) is 0 Å². The van der Waals surface area contributed by atoms with Crippen LogP contribution in [0.2, 0.25) is 5.02 Å². The standard InChI is InChI=1S/C11H15ClN2O4S2/c12-9-3-5-10(6-4-9)20(17,18)14-7-1-2-11(8-14)19(13,15)16/h3-6,11H,1-2,7-8H2,(H2,13,15,16). The first-order valence-corrected chi connectivity index (χ1v) is 9.41. The van der Waals surface area contributed by atoms with Crippen molar-refractivity contribution in [3.8, 4) is 0 Å². The summed E-state index contributed by atoms with van der Waals surface area (Å²) in [6.45, 7) is 0.181. The quantitative estimate of drug-likeness (QED) is 0.880. The van der Waals surface area contributed by atoms with Gasteiger partial charge in [0.1, 0.15) is 0 Å². The molecule has 2 rings (SSSR count). The van der Waals surface area contributed by atoms with E-state index in [0.717, 1.165) is 4.31 Å². The molecule has 9 heteroatoms. The Morgan fingerprint density at radius 2 is 1.75 bits per heavy atom. The number of primary sulfonamides is 1. The van der Waals surface area contributed by atoms with Gasteiger partial charge >= 0.3 is 0 Å². The van der Waals surface area contributed by atoms with Gasteiger partial charge in [-0.3, -0.25) is 0 Å². The second-order valence-corrected chi connectivity index (χ2v) is 8.89. The number of benzene rings is 1. The third-order valence-electron chi connectivity index (χ3n) is 3.26. The van der Waals surface area contributed by atoms with Crippen LogP contribution in [-0.4, -0.2) is 39.5 Å². The fraction of sp³-hybridized carbons (Fsp3) is 0.455. The van der Waals surface area contributed by atoms with E-state index in [1.54, 1.807) is 0 Å². The molecule has 0 radical (unpaired) electrons. The van der Waals surface area contributed by atoms with Gasteiger partial charge in [0.2, 0.25) is 20.0 Å². The number of halogens is 1. The van der Waals surface area contributed by atoms with Gasteiger partial charge in [-0.2, -0.15) is 4.31 Å². The van der Waals surface area contributed by atoms with Gasteiger partial charge in [0.15, 0.2) is 0 Å². The molecule has 1 heterocycles. The van der Waals surface area contributed by atoms with Gasteiger partial charge in [0.25, 0.3) is 0 Å². The second kappa shape index (κ2) is 5.61. The molecule has 1 fully saturated rings. The minimum Gasteiger partial charge on any atom is -0.228 e. The van der Waals surface area contributed by atoms with Crippen LogP contribution in [0.15, 0.2) is 29.2 Å². The van der Waals surface area contributed by atoms with Gasteiger partial charge < -0.3 is 0 Å². The first kappa shape index (κ1) is 15.7. The Labute approximate surface area is 123 Å². The van der Waals surface area contributed by atoms with Crippen LogP contribution >= 0.6 is 11.6 Å². The highest BCUT2D eigenvalue weighted by atomic mass is 35.5. The second-order valence-electron chi connectivity index (χ2n) is 4.67. The third kappa shape index (κ3) is 3.32. The highest BCUT2D eigenvalue weighted by molar-refractivity contribution is 7.90. The smallest absolute Gasteiger partial charge is 0.228 e. The van der Waals surface area contributed by atoms with E-state index in [2.05, 4.69) is 0 Å². The summed E-state index contributed by atoms with van der Waals surface area (Å²) in [6.07, 6.45) is 0.847. The van der Waals surface area contributed by atoms with Crippen molar-refractivity contribution in [3.63, 3.8) is 0 Å². The van der Waals surface area contributed by atoms with Crippen LogP contribution in [-0.2, 0) is 20.0 Å². The third-order valence-corrected chi connectivity index (χ3v) is 6.70. The van der Waals surface area contributed by atoms with Crippen LogP contribution < -0.4 is 5.14 Å². The van der Waals surface area contributed by atoms with Crippen molar-refractivity contribution in [2.45, 2.75) is 23.0 Å². The average molecular weight is 339 g/mol. The summed E-state index contributed by atoms with van der Waals surface area (Å²) in [5.74, 6) is 0. The van der Waals surface area contributed by atoms with Gasteiger partial charge in [0, 0.05) is 18.1 Å². The molecule has 0 saturated carbocycles. The first-order valence-electron chi connectivity index (χ1n) is 5.98. The van der Waals surface area contributed by atoms with E-state index < -0.39 is 25.3 Å². The molecule has 2 N–H and O–H groups in total. The Hall–Kier alpha value is -0.670. The lowest BCUT2D eigenvalue weighted by Gasteiger charge is -2.30. The van der Waals surface area contributed by atoms with Crippen molar-refractivity contribution in [1.29, 1.82) is 0 Å². The SMILES string of the molecule is NS(=O)(=O)C1CCCN(S(=O)(=O)c2ccc(Cl)cc2)C1. The van der Waals surface area contributed by atoms with Crippen LogP contribution in [0, 0.1) is 0 Å². The van der Waals surface area contributed by atoms with Gasteiger partial charge in [-0.15, -0.1) is 0 Å². The lowest BCUT2D eigenvalue weighted by atomic mass is 10.2. The average Bonchev–Trinajstić information content (AvgIpc) is 2.38. The molecule has 1 aromatic carbocycles. The van der Waals surface area contributed by atoms with Gasteiger partial charge in [-0.25, -0.2) is 22.0 Å². The maximum Gasteiger partial charge on any atom is 0.243 e. The summed E-state index contributed by atoms with van der Waals surface area (Å²) in [6, 6.07) is 5.77. The number of hydrogen-bond acceptors (Lipinski definition) is 4. The van der Waals surface area contributed by atoms with Gasteiger partial charge in [0.05, 0.1) is 10.1 Å². The van der Waals surface area contributed by atoms with E-state index in [0.29, 0.717) is 17.9 Å². The van der Waals surface area contributed by atoms with E-state index in [1.165, 1.54) is 24.3 Å². The van der Waals surface area contributed by atoms with Crippen LogP contribution in [0.4, 0.5) is 0 Å². The predicted octanol–water partition coefficient (Wildman–Crippen LogP) is 0.782. The zero-order valence-electron chi connectivity index (χ0n) is 10.6. The van der Waals surface area contributed by atoms with Crippen molar-refractivity contribution in [3.05, 3.63) is 29.3 Å². The van der Waals surface area contributed by atoms with E-state index in [9.17, 15) is 16.8 Å². The largest absolute Gasteiger partial charge is 0.243 e. The maximum atomic E-state index is 12.4. The molecule has 6 nitrogen and oxygen atoms in total. The molecule has 0 aromatic heterocycles. The molecule has 1 atom stereocenters. The molecule has 112 valence electrons. The zero-order valence-corrected chi connectivity index (χ0v) is 13.0. The van der Waals surface area contributed by atoms with E-state index in [-0.39, 0.29) is 18.0 Å². The monoisotopic (exact) mass is 338 g/mol. The first-order chi connectivity index (χ1) is 9.21. The molecule has 0 bridgehead atoms. The number of rotatable bonds is 3. The van der Waals surface area contributed by atoms with Crippen molar-refractivity contribution in [2.24, 2.45) is 5.14 Å². The summed E-state index contributed by atoms with van der Waals surface area (Å²) < 4.78 is 48.8. The summed E-state index contributed by atoms with van der Waals surface area (Å²) in [5.41, 5.74) is 0. The Morgan fingerprint density at radius 1 is 1.15 bits per heavy atom. The molecule has 1 aliphatic rings. The van der Waals surface area contributed by atoms with Crippen LogP contribution in [0.25, 0.3) is 0 Å². The van der Waals surface area contributed by atoms with Crippen molar-refractivity contribution in [2.75, 3.05) is 13.1 Å². The highest BCUT2D eigenvalue weighted by Gasteiger charge is 2.34. The molecular formula is C11H15ClN2O4S2. The number of nitrogens with zero attached hydrogens (tertiary/aromatic N) is 1. The maximum absolute atomic E-state index is 12.4. The number of hydrogen-bond donors (Lipinski definition) is 1. The number of nitrogens with two attached hydrogens (primary N) is 1. The predicted molar refractivity (Wildman–Crippen MR) is 76.3 cm³/mol. The fourth-order valence-corrected chi connectivity index (χ4v) is 4.77. The lowest BCUT2D eigenvalue weighted by Crippen LogP contribution is -2.46. The summed E-state index contributed by atoms with van der Waals surface area (Å²) >= 11 is 5.73. The van der Waals surface area contributed by atoms with Crippen LogP contribution in [0.3, 0.4) is 0 Å². The Balaban J connectivity index is 2.28. The molecule has 0 spiro atoms. The van der Waals surface area contributed by atoms with Gasteiger partial charge in [-0.05, 0) is 37.1 Å². The molecule has 20 heavy (non-hydrogen) atoms. The summed E-state index contributed by atoms with van der Waals surface area (Å²) in [7, 11) is -7.45. The van der Waals surface area contributed by atoms with E-state index >= 15 is 0 Å². The molecule has 1 aliphatic heterocycles. The van der Waals surface area contributed by atoms with Crippen molar-refractivity contribution in [1.82, 2.24) is 4.31 Å². The molecule has 1 saturated heterocycles. The minimum atomic E-state index is -3.74. The molecular weight excluding hydrogens is 324 g/mol. The molecule has 1 unspecified atom stereocenters. The summed E-state index contributed by atoms with van der Waals surface area (Å²) in [4.78, 5) is 0.0944. The number of sulfonamides is 2. The lowest BCUT2D eigenvalue weighted by molar-refractivity contribution is 0.346. The van der Waals surface area contributed by atoms with E-state index in [4.69, 9.17) is 16.7 Å². The topological polar surface area (TPSA) is 97.5 Å². The van der Waals surface area contributed by atoms with Gasteiger partial charge in [-0.1, -0.05) is 11.6 Å². The Morgan fingerprint density at radius 3 is 2.30 bits per heavy atom.